The summed E-state index contributed by atoms with van der Waals surface area (Å²) in [6.45, 7) is 5.98. The van der Waals surface area contributed by atoms with Crippen molar-refractivity contribution < 1.29 is 0 Å². The average Bonchev–Trinajstić information content (AvgIpc) is 2.71. The van der Waals surface area contributed by atoms with E-state index in [-0.39, 0.29) is 0 Å². The molecule has 1 aromatic heterocycles. The molecule has 0 saturated heterocycles. The normalized spacial score (nSPS) is 10.1. The zero-order valence-electron chi connectivity index (χ0n) is 8.16. The van der Waals surface area contributed by atoms with Crippen LogP contribution in [0.4, 0.5) is 0 Å². The van der Waals surface area contributed by atoms with E-state index < -0.39 is 0 Å². The van der Waals surface area contributed by atoms with Crippen LogP contribution in [0.5, 0.6) is 0 Å². The standard InChI is InChI=1S/C13H12S/c1-10(2)11-4-3-5-12(8-11)13-6-7-14-9-13/h3-9H,1H2,2H3. The minimum atomic E-state index is 1.11. The lowest BCUT2D eigenvalue weighted by Gasteiger charge is -2.02. The maximum Gasteiger partial charge on any atom is -0.00147 e. The summed E-state index contributed by atoms with van der Waals surface area (Å²) in [4.78, 5) is 0. The minimum absolute atomic E-state index is 1.11. The topological polar surface area (TPSA) is 0 Å². The molecule has 2 aromatic rings. The molecule has 1 aromatic carbocycles. The molecule has 0 aliphatic heterocycles. The van der Waals surface area contributed by atoms with Crippen LogP contribution in [0.15, 0.2) is 47.7 Å². The van der Waals surface area contributed by atoms with Crippen molar-refractivity contribution in [2.75, 3.05) is 0 Å². The Bertz CT molecular complexity index is 438. The molecule has 0 nitrogen and oxygen atoms in total. The summed E-state index contributed by atoms with van der Waals surface area (Å²) >= 11 is 1.73. The van der Waals surface area contributed by atoms with E-state index in [9.17, 15) is 0 Å². The lowest BCUT2D eigenvalue weighted by molar-refractivity contribution is 1.57. The Balaban J connectivity index is 2.46. The molecule has 1 heterocycles. The Kier molecular flexibility index (Phi) is 2.51. The smallest absolute Gasteiger partial charge is 0.00147 e. The van der Waals surface area contributed by atoms with Gasteiger partial charge in [0.1, 0.15) is 0 Å². The van der Waals surface area contributed by atoms with Gasteiger partial charge < -0.3 is 0 Å². The van der Waals surface area contributed by atoms with E-state index in [0.29, 0.717) is 0 Å². The van der Waals surface area contributed by atoms with Crippen molar-refractivity contribution in [3.05, 3.63) is 53.2 Å². The first-order chi connectivity index (χ1) is 6.77. The van der Waals surface area contributed by atoms with Gasteiger partial charge in [0.05, 0.1) is 0 Å². The molecule has 0 atom stereocenters. The van der Waals surface area contributed by atoms with Crippen molar-refractivity contribution in [3.8, 4) is 11.1 Å². The van der Waals surface area contributed by atoms with Crippen molar-refractivity contribution >= 4 is 16.9 Å². The Morgan fingerprint density at radius 1 is 1.21 bits per heavy atom. The number of hydrogen-bond donors (Lipinski definition) is 0. The molecule has 14 heavy (non-hydrogen) atoms. The second-order valence-electron chi connectivity index (χ2n) is 3.37. The lowest BCUT2D eigenvalue weighted by atomic mass is 10.0. The second kappa shape index (κ2) is 3.81. The number of rotatable bonds is 2. The highest BCUT2D eigenvalue weighted by Gasteiger charge is 1.99. The molecule has 1 heteroatoms. The van der Waals surface area contributed by atoms with Gasteiger partial charge in [-0.05, 0) is 46.5 Å². The Hall–Kier alpha value is -1.34. The Morgan fingerprint density at radius 3 is 2.71 bits per heavy atom. The summed E-state index contributed by atoms with van der Waals surface area (Å²) in [5.41, 5.74) is 4.89. The van der Waals surface area contributed by atoms with Gasteiger partial charge in [0.15, 0.2) is 0 Å². The summed E-state index contributed by atoms with van der Waals surface area (Å²) in [6.07, 6.45) is 0. The number of allylic oxidation sites excluding steroid dienone is 1. The summed E-state index contributed by atoms with van der Waals surface area (Å²) in [6, 6.07) is 10.6. The quantitative estimate of drug-likeness (QED) is 0.672. The highest BCUT2D eigenvalue weighted by Crippen LogP contribution is 2.24. The van der Waals surface area contributed by atoms with Gasteiger partial charge in [0.2, 0.25) is 0 Å². The van der Waals surface area contributed by atoms with Gasteiger partial charge in [-0.2, -0.15) is 11.3 Å². The summed E-state index contributed by atoms with van der Waals surface area (Å²) in [5, 5.41) is 4.26. The molecule has 0 unspecified atom stereocenters. The van der Waals surface area contributed by atoms with Crippen molar-refractivity contribution in [3.63, 3.8) is 0 Å². The molecular formula is C13H12S. The molecule has 0 aliphatic rings. The first-order valence-corrected chi connectivity index (χ1v) is 5.50. The first-order valence-electron chi connectivity index (χ1n) is 4.56. The molecule has 70 valence electrons. The van der Waals surface area contributed by atoms with Gasteiger partial charge in [-0.3, -0.25) is 0 Å². The van der Waals surface area contributed by atoms with E-state index in [1.807, 2.05) is 6.92 Å². The van der Waals surface area contributed by atoms with Crippen LogP contribution in [-0.2, 0) is 0 Å². The largest absolute Gasteiger partial charge is 0.152 e. The van der Waals surface area contributed by atoms with Crippen LogP contribution in [0, 0.1) is 0 Å². The SMILES string of the molecule is C=C(C)c1cccc(-c2ccsc2)c1. The van der Waals surface area contributed by atoms with Gasteiger partial charge in [-0.25, -0.2) is 0 Å². The Labute approximate surface area is 88.5 Å². The van der Waals surface area contributed by atoms with Crippen LogP contribution in [0.1, 0.15) is 12.5 Å². The van der Waals surface area contributed by atoms with Crippen LogP contribution >= 0.6 is 11.3 Å². The van der Waals surface area contributed by atoms with Crippen molar-refractivity contribution in [2.24, 2.45) is 0 Å². The fourth-order valence-corrected chi connectivity index (χ4v) is 2.06. The molecule has 0 radical (unpaired) electrons. The van der Waals surface area contributed by atoms with E-state index in [2.05, 4.69) is 47.7 Å². The number of hydrogen-bond acceptors (Lipinski definition) is 1. The molecule has 0 amide bonds. The predicted molar refractivity (Wildman–Crippen MR) is 64.5 cm³/mol. The molecule has 0 saturated carbocycles. The van der Waals surface area contributed by atoms with Crippen LogP contribution in [0.2, 0.25) is 0 Å². The summed E-state index contributed by atoms with van der Waals surface area (Å²) < 4.78 is 0. The van der Waals surface area contributed by atoms with Gasteiger partial charge in [-0.1, -0.05) is 30.4 Å². The molecule has 2 rings (SSSR count). The lowest BCUT2D eigenvalue weighted by Crippen LogP contribution is -1.79. The molecule has 0 spiro atoms. The zero-order chi connectivity index (χ0) is 9.97. The van der Waals surface area contributed by atoms with E-state index >= 15 is 0 Å². The molecule has 0 bridgehead atoms. The summed E-state index contributed by atoms with van der Waals surface area (Å²) in [5.74, 6) is 0. The van der Waals surface area contributed by atoms with E-state index in [0.717, 1.165) is 5.57 Å². The first kappa shape index (κ1) is 9.22. The number of thiophene rings is 1. The summed E-state index contributed by atoms with van der Waals surface area (Å²) in [7, 11) is 0. The van der Waals surface area contributed by atoms with Crippen LogP contribution < -0.4 is 0 Å². The number of benzene rings is 1. The van der Waals surface area contributed by atoms with Crippen LogP contribution in [-0.4, -0.2) is 0 Å². The average molecular weight is 200 g/mol. The third kappa shape index (κ3) is 1.78. The van der Waals surface area contributed by atoms with Crippen LogP contribution in [0.25, 0.3) is 16.7 Å². The maximum absolute atomic E-state index is 3.95. The van der Waals surface area contributed by atoms with Crippen LogP contribution in [0.3, 0.4) is 0 Å². The highest BCUT2D eigenvalue weighted by molar-refractivity contribution is 7.08. The van der Waals surface area contributed by atoms with Crippen molar-refractivity contribution in [1.82, 2.24) is 0 Å². The molecule has 0 aliphatic carbocycles. The zero-order valence-corrected chi connectivity index (χ0v) is 8.97. The predicted octanol–water partition coefficient (Wildman–Crippen LogP) is 4.45. The highest BCUT2D eigenvalue weighted by atomic mass is 32.1. The van der Waals surface area contributed by atoms with E-state index in [1.165, 1.54) is 16.7 Å². The fourth-order valence-electron chi connectivity index (χ4n) is 1.39. The van der Waals surface area contributed by atoms with Gasteiger partial charge in [0, 0.05) is 0 Å². The molecule has 0 fully saturated rings. The monoisotopic (exact) mass is 200 g/mol. The van der Waals surface area contributed by atoms with Gasteiger partial charge in [0.25, 0.3) is 0 Å². The van der Waals surface area contributed by atoms with Gasteiger partial charge in [-0.15, -0.1) is 0 Å². The van der Waals surface area contributed by atoms with Crippen molar-refractivity contribution in [1.29, 1.82) is 0 Å². The third-order valence-electron chi connectivity index (χ3n) is 2.21. The molecular weight excluding hydrogens is 188 g/mol. The van der Waals surface area contributed by atoms with E-state index in [4.69, 9.17) is 0 Å². The minimum Gasteiger partial charge on any atom is -0.152 e. The van der Waals surface area contributed by atoms with Crippen molar-refractivity contribution in [2.45, 2.75) is 6.92 Å². The van der Waals surface area contributed by atoms with E-state index in [1.54, 1.807) is 11.3 Å². The van der Waals surface area contributed by atoms with Gasteiger partial charge >= 0.3 is 0 Å². The molecule has 0 N–H and O–H groups in total. The third-order valence-corrected chi connectivity index (χ3v) is 2.89. The Morgan fingerprint density at radius 2 is 2.07 bits per heavy atom. The maximum atomic E-state index is 3.95. The fraction of sp³-hybridized carbons (Fsp3) is 0.0769. The second-order valence-corrected chi connectivity index (χ2v) is 4.15.